The first kappa shape index (κ1) is 16.0. The zero-order valence-electron chi connectivity index (χ0n) is 12.1. The van der Waals surface area contributed by atoms with Crippen molar-refractivity contribution in [2.45, 2.75) is 58.6 Å². The van der Waals surface area contributed by atoms with Crippen LogP contribution in [-0.4, -0.2) is 35.6 Å². The Bertz CT molecular complexity index is 310. The molecule has 5 nitrogen and oxygen atoms in total. The SMILES string of the molecule is CC(=O)NC(C(=O)NCC1CCC(O)CC1)C(C)C. The summed E-state index contributed by atoms with van der Waals surface area (Å²) in [5, 5.41) is 15.0. The molecule has 0 saturated heterocycles. The molecule has 0 aromatic heterocycles. The number of hydrogen-bond donors (Lipinski definition) is 3. The summed E-state index contributed by atoms with van der Waals surface area (Å²) in [6.45, 7) is 5.88. The molecule has 0 heterocycles. The highest BCUT2D eigenvalue weighted by Crippen LogP contribution is 2.23. The van der Waals surface area contributed by atoms with Crippen LogP contribution in [0.2, 0.25) is 0 Å². The van der Waals surface area contributed by atoms with Gasteiger partial charge in [-0.05, 0) is 37.5 Å². The molecule has 0 aliphatic heterocycles. The molecule has 1 unspecified atom stereocenters. The van der Waals surface area contributed by atoms with Gasteiger partial charge in [0.2, 0.25) is 11.8 Å². The number of carbonyl (C=O) groups is 2. The lowest BCUT2D eigenvalue weighted by Gasteiger charge is -2.27. The fourth-order valence-electron chi connectivity index (χ4n) is 2.46. The molecule has 1 rings (SSSR count). The molecule has 0 spiro atoms. The minimum Gasteiger partial charge on any atom is -0.393 e. The quantitative estimate of drug-likeness (QED) is 0.692. The topological polar surface area (TPSA) is 78.4 Å². The minimum atomic E-state index is -0.466. The Morgan fingerprint density at radius 1 is 1.21 bits per heavy atom. The monoisotopic (exact) mass is 270 g/mol. The lowest BCUT2D eigenvalue weighted by atomic mass is 9.87. The van der Waals surface area contributed by atoms with E-state index in [0.717, 1.165) is 25.7 Å². The van der Waals surface area contributed by atoms with Gasteiger partial charge in [0.1, 0.15) is 6.04 Å². The van der Waals surface area contributed by atoms with Crippen LogP contribution in [0, 0.1) is 11.8 Å². The van der Waals surface area contributed by atoms with Crippen LogP contribution in [0.5, 0.6) is 0 Å². The number of aliphatic hydroxyl groups is 1. The summed E-state index contributed by atoms with van der Waals surface area (Å²) in [7, 11) is 0. The van der Waals surface area contributed by atoms with Crippen LogP contribution < -0.4 is 10.6 Å². The summed E-state index contributed by atoms with van der Waals surface area (Å²) in [5.74, 6) is 0.209. The zero-order valence-corrected chi connectivity index (χ0v) is 12.1. The number of nitrogens with one attached hydrogen (secondary N) is 2. The number of carbonyl (C=O) groups excluding carboxylic acids is 2. The molecule has 1 aliphatic rings. The highest BCUT2D eigenvalue weighted by molar-refractivity contribution is 5.87. The van der Waals surface area contributed by atoms with Gasteiger partial charge >= 0.3 is 0 Å². The second kappa shape index (κ2) is 7.48. The Balaban J connectivity index is 2.37. The van der Waals surface area contributed by atoms with Crippen LogP contribution in [0.1, 0.15) is 46.5 Å². The maximum Gasteiger partial charge on any atom is 0.242 e. The second-order valence-corrected chi connectivity index (χ2v) is 5.84. The average molecular weight is 270 g/mol. The molecule has 0 aromatic carbocycles. The molecule has 0 aromatic rings. The highest BCUT2D eigenvalue weighted by atomic mass is 16.3. The first-order valence-corrected chi connectivity index (χ1v) is 7.13. The molecular weight excluding hydrogens is 244 g/mol. The number of rotatable bonds is 5. The van der Waals surface area contributed by atoms with E-state index >= 15 is 0 Å². The molecule has 110 valence electrons. The summed E-state index contributed by atoms with van der Waals surface area (Å²) in [5.41, 5.74) is 0. The summed E-state index contributed by atoms with van der Waals surface area (Å²) in [6.07, 6.45) is 3.37. The number of aliphatic hydroxyl groups excluding tert-OH is 1. The van der Waals surface area contributed by atoms with Gasteiger partial charge in [0.15, 0.2) is 0 Å². The third-order valence-electron chi connectivity index (χ3n) is 3.69. The third-order valence-corrected chi connectivity index (χ3v) is 3.69. The van der Waals surface area contributed by atoms with Crippen LogP contribution >= 0.6 is 0 Å². The Morgan fingerprint density at radius 3 is 2.26 bits per heavy atom. The van der Waals surface area contributed by atoms with E-state index in [2.05, 4.69) is 10.6 Å². The predicted octanol–water partition coefficient (Wildman–Crippen LogP) is 0.814. The maximum absolute atomic E-state index is 12.1. The second-order valence-electron chi connectivity index (χ2n) is 5.84. The van der Waals surface area contributed by atoms with E-state index in [1.807, 2.05) is 13.8 Å². The molecule has 1 saturated carbocycles. The fourth-order valence-corrected chi connectivity index (χ4v) is 2.46. The van der Waals surface area contributed by atoms with Crippen LogP contribution in [0.25, 0.3) is 0 Å². The lowest BCUT2D eigenvalue weighted by Crippen LogP contribution is -2.50. The van der Waals surface area contributed by atoms with Crippen molar-refractivity contribution in [3.05, 3.63) is 0 Å². The van der Waals surface area contributed by atoms with Gasteiger partial charge in [0, 0.05) is 13.5 Å². The molecule has 0 bridgehead atoms. The largest absolute Gasteiger partial charge is 0.393 e. The molecule has 1 fully saturated rings. The molecule has 5 heteroatoms. The first-order chi connectivity index (χ1) is 8.90. The van der Waals surface area contributed by atoms with E-state index in [1.54, 1.807) is 0 Å². The van der Waals surface area contributed by atoms with Crippen molar-refractivity contribution in [2.24, 2.45) is 11.8 Å². The van der Waals surface area contributed by atoms with E-state index < -0.39 is 6.04 Å². The maximum atomic E-state index is 12.1. The van der Waals surface area contributed by atoms with Gasteiger partial charge in [-0.25, -0.2) is 0 Å². The van der Waals surface area contributed by atoms with Crippen molar-refractivity contribution < 1.29 is 14.7 Å². The Kier molecular flexibility index (Phi) is 6.28. The van der Waals surface area contributed by atoms with E-state index in [-0.39, 0.29) is 23.8 Å². The molecule has 3 N–H and O–H groups in total. The number of hydrogen-bond acceptors (Lipinski definition) is 3. The Labute approximate surface area is 115 Å². The van der Waals surface area contributed by atoms with Crippen molar-refractivity contribution in [1.82, 2.24) is 10.6 Å². The first-order valence-electron chi connectivity index (χ1n) is 7.13. The van der Waals surface area contributed by atoms with Crippen molar-refractivity contribution in [1.29, 1.82) is 0 Å². The third kappa shape index (κ3) is 5.59. The van der Waals surface area contributed by atoms with Crippen molar-refractivity contribution in [2.75, 3.05) is 6.54 Å². The fraction of sp³-hybridized carbons (Fsp3) is 0.857. The van der Waals surface area contributed by atoms with E-state index in [9.17, 15) is 14.7 Å². The van der Waals surface area contributed by atoms with E-state index in [1.165, 1.54) is 6.92 Å². The van der Waals surface area contributed by atoms with E-state index in [0.29, 0.717) is 12.5 Å². The van der Waals surface area contributed by atoms with Gasteiger partial charge in [0.05, 0.1) is 6.10 Å². The number of amides is 2. The highest BCUT2D eigenvalue weighted by Gasteiger charge is 2.25. The molecule has 0 radical (unpaired) electrons. The molecule has 19 heavy (non-hydrogen) atoms. The van der Waals surface area contributed by atoms with Gasteiger partial charge in [-0.15, -0.1) is 0 Å². The molecule has 1 aliphatic carbocycles. The summed E-state index contributed by atoms with van der Waals surface area (Å²) >= 11 is 0. The molecular formula is C14H26N2O3. The minimum absolute atomic E-state index is 0.0667. The van der Waals surface area contributed by atoms with Gasteiger partial charge in [0.25, 0.3) is 0 Å². The van der Waals surface area contributed by atoms with Crippen LogP contribution in [0.3, 0.4) is 0 Å². The lowest BCUT2D eigenvalue weighted by molar-refractivity contribution is -0.129. The van der Waals surface area contributed by atoms with Crippen molar-refractivity contribution in [3.8, 4) is 0 Å². The van der Waals surface area contributed by atoms with Crippen LogP contribution in [0.4, 0.5) is 0 Å². The van der Waals surface area contributed by atoms with Gasteiger partial charge in [-0.1, -0.05) is 13.8 Å². The molecule has 2 amide bonds. The average Bonchev–Trinajstić information content (AvgIpc) is 2.34. The van der Waals surface area contributed by atoms with Crippen LogP contribution in [0.15, 0.2) is 0 Å². The van der Waals surface area contributed by atoms with E-state index in [4.69, 9.17) is 0 Å². The molecule has 1 atom stereocenters. The summed E-state index contributed by atoms with van der Waals surface area (Å²) in [4.78, 5) is 23.1. The zero-order chi connectivity index (χ0) is 14.4. The van der Waals surface area contributed by atoms with Crippen molar-refractivity contribution in [3.63, 3.8) is 0 Å². The van der Waals surface area contributed by atoms with Crippen molar-refractivity contribution >= 4 is 11.8 Å². The predicted molar refractivity (Wildman–Crippen MR) is 73.4 cm³/mol. The Morgan fingerprint density at radius 2 is 1.79 bits per heavy atom. The van der Waals surface area contributed by atoms with Gasteiger partial charge in [-0.2, -0.15) is 0 Å². The Hall–Kier alpha value is -1.10. The normalized spacial score (nSPS) is 24.9. The van der Waals surface area contributed by atoms with Gasteiger partial charge < -0.3 is 15.7 Å². The smallest absolute Gasteiger partial charge is 0.242 e. The summed E-state index contributed by atoms with van der Waals surface area (Å²) < 4.78 is 0. The van der Waals surface area contributed by atoms with Gasteiger partial charge in [-0.3, -0.25) is 9.59 Å². The standard InChI is InChI=1S/C14H26N2O3/c1-9(2)13(16-10(3)17)14(19)15-8-11-4-6-12(18)7-5-11/h9,11-13,18H,4-8H2,1-3H3,(H,15,19)(H,16,17). The summed E-state index contributed by atoms with van der Waals surface area (Å²) in [6, 6.07) is -0.466. The van der Waals surface area contributed by atoms with Crippen LogP contribution in [-0.2, 0) is 9.59 Å².